The van der Waals surface area contributed by atoms with Crippen molar-refractivity contribution in [3.8, 4) is 0 Å². The predicted octanol–water partition coefficient (Wildman–Crippen LogP) is 3.71. The predicted molar refractivity (Wildman–Crippen MR) is 81.3 cm³/mol. The van der Waals surface area contributed by atoms with Crippen LogP contribution in [0.4, 0.5) is 0 Å². The van der Waals surface area contributed by atoms with E-state index in [0.29, 0.717) is 11.5 Å². The Hall–Kier alpha value is -0.870. The quantitative estimate of drug-likeness (QED) is 0.746. The number of hydrogen-bond acceptors (Lipinski definition) is 3. The molecule has 4 heteroatoms. The van der Waals surface area contributed by atoms with Gasteiger partial charge < -0.3 is 4.74 Å². The molecule has 1 aromatic rings. The van der Waals surface area contributed by atoms with Gasteiger partial charge >= 0.3 is 5.97 Å². The van der Waals surface area contributed by atoms with Crippen LogP contribution < -0.4 is 0 Å². The molecule has 0 radical (unpaired) electrons. The van der Waals surface area contributed by atoms with Crippen molar-refractivity contribution in [3.05, 3.63) is 33.8 Å². The van der Waals surface area contributed by atoms with Gasteiger partial charge in [0.25, 0.3) is 0 Å². The monoisotopic (exact) mass is 327 g/mol. The van der Waals surface area contributed by atoms with E-state index < -0.39 is 0 Å². The molecule has 0 fully saturated rings. The van der Waals surface area contributed by atoms with E-state index >= 15 is 0 Å². The molecule has 0 aliphatic heterocycles. The molecule has 0 amide bonds. The first-order chi connectivity index (χ1) is 8.97. The van der Waals surface area contributed by atoms with E-state index in [0.717, 1.165) is 24.1 Å². The second kappa shape index (κ2) is 7.65. The van der Waals surface area contributed by atoms with Crippen LogP contribution >= 0.6 is 15.9 Å². The van der Waals surface area contributed by atoms with Crippen molar-refractivity contribution in [1.82, 2.24) is 4.90 Å². The Bertz CT molecular complexity index is 432. The third kappa shape index (κ3) is 4.96. The van der Waals surface area contributed by atoms with Gasteiger partial charge in [-0.25, -0.2) is 4.79 Å². The fourth-order valence-electron chi connectivity index (χ4n) is 1.98. The zero-order chi connectivity index (χ0) is 14.4. The second-order valence-corrected chi connectivity index (χ2v) is 5.87. The highest BCUT2D eigenvalue weighted by atomic mass is 79.9. The number of carbonyl (C=O) groups is 1. The highest BCUT2D eigenvalue weighted by Crippen LogP contribution is 2.21. The van der Waals surface area contributed by atoms with E-state index in [1.807, 2.05) is 18.2 Å². The Kier molecular flexibility index (Phi) is 6.52. The summed E-state index contributed by atoms with van der Waals surface area (Å²) in [5.74, 6) is 0.342. The molecule has 0 heterocycles. The van der Waals surface area contributed by atoms with Gasteiger partial charge in [0.15, 0.2) is 0 Å². The maximum absolute atomic E-state index is 11.4. The molecule has 106 valence electrons. The molecule has 1 rings (SSSR count). The minimum atomic E-state index is -0.304. The molecule has 0 saturated carbocycles. The molecular weight excluding hydrogens is 306 g/mol. The minimum absolute atomic E-state index is 0.304. The molecule has 0 unspecified atom stereocenters. The Labute approximate surface area is 124 Å². The molecule has 3 nitrogen and oxygen atoms in total. The van der Waals surface area contributed by atoms with Crippen molar-refractivity contribution < 1.29 is 9.53 Å². The molecule has 0 N–H and O–H groups in total. The van der Waals surface area contributed by atoms with E-state index in [1.54, 1.807) is 0 Å². The van der Waals surface area contributed by atoms with Gasteiger partial charge in [0, 0.05) is 17.6 Å². The second-order valence-electron chi connectivity index (χ2n) is 5.02. The Morgan fingerprint density at radius 2 is 2.11 bits per heavy atom. The van der Waals surface area contributed by atoms with Gasteiger partial charge in [-0.1, -0.05) is 42.8 Å². The number of carbonyl (C=O) groups excluding carboxylic acids is 1. The number of esters is 1. The van der Waals surface area contributed by atoms with Crippen molar-refractivity contribution in [1.29, 1.82) is 0 Å². The van der Waals surface area contributed by atoms with Gasteiger partial charge in [-0.2, -0.15) is 0 Å². The van der Waals surface area contributed by atoms with Crippen molar-refractivity contribution in [2.75, 3.05) is 20.2 Å². The molecule has 0 atom stereocenters. The van der Waals surface area contributed by atoms with Gasteiger partial charge in [-0.05, 0) is 30.2 Å². The topological polar surface area (TPSA) is 29.5 Å². The molecule has 0 aliphatic carbocycles. The number of benzene rings is 1. The maximum Gasteiger partial charge on any atom is 0.337 e. The maximum atomic E-state index is 11.4. The van der Waals surface area contributed by atoms with E-state index in [2.05, 4.69) is 41.6 Å². The molecule has 1 aromatic carbocycles. The summed E-state index contributed by atoms with van der Waals surface area (Å²) in [4.78, 5) is 13.8. The number of rotatable bonds is 6. The van der Waals surface area contributed by atoms with Crippen LogP contribution in [0.15, 0.2) is 22.7 Å². The Morgan fingerprint density at radius 3 is 2.58 bits per heavy atom. The van der Waals surface area contributed by atoms with Crippen LogP contribution in [0.5, 0.6) is 0 Å². The number of ether oxygens (including phenoxy) is 1. The number of methoxy groups -OCH3 is 1. The van der Waals surface area contributed by atoms with Crippen LogP contribution in [0.2, 0.25) is 0 Å². The highest BCUT2D eigenvalue weighted by Gasteiger charge is 2.11. The summed E-state index contributed by atoms with van der Waals surface area (Å²) in [6.07, 6.45) is 0. The van der Waals surface area contributed by atoms with Crippen molar-refractivity contribution in [2.45, 2.75) is 27.3 Å². The zero-order valence-electron chi connectivity index (χ0n) is 12.1. The molecule has 19 heavy (non-hydrogen) atoms. The SMILES string of the molecule is CCN(Cc1ccc(C(=O)OC)cc1Br)CC(C)C. The first-order valence-corrected chi connectivity index (χ1v) is 7.36. The first-order valence-electron chi connectivity index (χ1n) is 6.57. The Morgan fingerprint density at radius 1 is 1.42 bits per heavy atom. The number of halogens is 1. The van der Waals surface area contributed by atoms with E-state index in [-0.39, 0.29) is 5.97 Å². The Balaban J connectivity index is 2.81. The summed E-state index contributed by atoms with van der Waals surface area (Å²) in [7, 11) is 1.39. The van der Waals surface area contributed by atoms with Gasteiger partial charge in [-0.3, -0.25) is 4.90 Å². The summed E-state index contributed by atoms with van der Waals surface area (Å²) in [5.41, 5.74) is 1.76. The summed E-state index contributed by atoms with van der Waals surface area (Å²) >= 11 is 3.53. The first kappa shape index (κ1) is 16.2. The molecule has 0 bridgehead atoms. The standard InChI is InChI=1S/C15H22BrNO2/c1-5-17(9-11(2)3)10-13-7-6-12(8-14(13)16)15(18)19-4/h6-8,11H,5,9-10H2,1-4H3. The van der Waals surface area contributed by atoms with Crippen molar-refractivity contribution >= 4 is 21.9 Å². The van der Waals surface area contributed by atoms with Crippen LogP contribution in [0.1, 0.15) is 36.7 Å². The van der Waals surface area contributed by atoms with E-state index in [9.17, 15) is 4.79 Å². The van der Waals surface area contributed by atoms with E-state index in [4.69, 9.17) is 4.74 Å². The highest BCUT2D eigenvalue weighted by molar-refractivity contribution is 9.10. The number of nitrogens with zero attached hydrogens (tertiary/aromatic N) is 1. The summed E-state index contributed by atoms with van der Waals surface area (Å²) in [5, 5.41) is 0. The molecule has 0 aromatic heterocycles. The smallest absolute Gasteiger partial charge is 0.337 e. The van der Waals surface area contributed by atoms with Crippen LogP contribution in [0.25, 0.3) is 0 Å². The van der Waals surface area contributed by atoms with Crippen LogP contribution in [-0.2, 0) is 11.3 Å². The van der Waals surface area contributed by atoms with Gasteiger partial charge in [0.1, 0.15) is 0 Å². The lowest BCUT2D eigenvalue weighted by Gasteiger charge is -2.23. The van der Waals surface area contributed by atoms with Gasteiger partial charge in [0.2, 0.25) is 0 Å². The lowest BCUT2D eigenvalue weighted by molar-refractivity contribution is 0.0600. The largest absolute Gasteiger partial charge is 0.465 e. The van der Waals surface area contributed by atoms with E-state index in [1.165, 1.54) is 12.7 Å². The lowest BCUT2D eigenvalue weighted by atomic mass is 10.1. The lowest BCUT2D eigenvalue weighted by Crippen LogP contribution is -2.27. The van der Waals surface area contributed by atoms with Gasteiger partial charge in [0.05, 0.1) is 12.7 Å². The van der Waals surface area contributed by atoms with Crippen molar-refractivity contribution in [3.63, 3.8) is 0 Å². The molecular formula is C15H22BrNO2. The molecule has 0 aliphatic rings. The molecule has 0 spiro atoms. The van der Waals surface area contributed by atoms with Gasteiger partial charge in [-0.15, -0.1) is 0 Å². The van der Waals surface area contributed by atoms with Crippen molar-refractivity contribution in [2.24, 2.45) is 5.92 Å². The van der Waals surface area contributed by atoms with Crippen LogP contribution in [-0.4, -0.2) is 31.1 Å². The third-order valence-corrected chi connectivity index (χ3v) is 3.68. The average Bonchev–Trinajstić information content (AvgIpc) is 2.38. The average molecular weight is 328 g/mol. The fourth-order valence-corrected chi connectivity index (χ4v) is 2.49. The summed E-state index contributed by atoms with van der Waals surface area (Å²) in [6, 6.07) is 5.62. The van der Waals surface area contributed by atoms with Crippen LogP contribution in [0.3, 0.4) is 0 Å². The third-order valence-electron chi connectivity index (χ3n) is 2.94. The minimum Gasteiger partial charge on any atom is -0.465 e. The zero-order valence-corrected chi connectivity index (χ0v) is 13.7. The summed E-state index contributed by atoms with van der Waals surface area (Å²) < 4.78 is 5.67. The fraction of sp³-hybridized carbons (Fsp3) is 0.533. The normalized spacial score (nSPS) is 11.1. The number of hydrogen-bond donors (Lipinski definition) is 0. The van der Waals surface area contributed by atoms with Crippen LogP contribution in [0, 0.1) is 5.92 Å². The molecule has 0 saturated heterocycles. The summed E-state index contributed by atoms with van der Waals surface area (Å²) in [6.45, 7) is 9.58.